The monoisotopic (exact) mass is 416 g/mol. The number of para-hydroxylation sites is 2. The summed E-state index contributed by atoms with van der Waals surface area (Å²) in [5.41, 5.74) is 2.36. The number of aromatic nitrogens is 2. The Morgan fingerprint density at radius 2 is 1.82 bits per heavy atom. The first-order valence-corrected chi connectivity index (χ1v) is 11.4. The number of carbonyl (C=O) groups excluding carboxylic acids is 1. The third-order valence-corrected chi connectivity index (χ3v) is 7.33. The minimum absolute atomic E-state index is 0.180. The molecule has 28 heavy (non-hydrogen) atoms. The molecule has 3 aromatic rings. The van der Waals surface area contributed by atoms with Crippen molar-refractivity contribution >= 4 is 44.4 Å². The Hall–Kier alpha value is -2.36. The molecule has 0 saturated carbocycles. The molecule has 1 aliphatic heterocycles. The van der Waals surface area contributed by atoms with Gasteiger partial charge in [-0.15, -0.1) is 0 Å². The molecule has 1 aromatic heterocycles. The summed E-state index contributed by atoms with van der Waals surface area (Å²) in [6.45, 7) is 1.14. The Labute approximate surface area is 167 Å². The molecular formula is C19H20N4O3S2. The van der Waals surface area contributed by atoms with E-state index in [1.165, 1.54) is 28.2 Å². The van der Waals surface area contributed by atoms with Gasteiger partial charge < -0.3 is 10.3 Å². The second-order valence-corrected chi connectivity index (χ2v) is 9.43. The number of anilines is 1. The van der Waals surface area contributed by atoms with Gasteiger partial charge in [-0.3, -0.25) is 4.79 Å². The minimum Gasteiger partial charge on any atom is -0.333 e. The highest BCUT2D eigenvalue weighted by Crippen LogP contribution is 2.23. The van der Waals surface area contributed by atoms with Crippen LogP contribution in [-0.2, 0) is 14.8 Å². The van der Waals surface area contributed by atoms with Crippen LogP contribution in [0.5, 0.6) is 0 Å². The average Bonchev–Trinajstić information content (AvgIpc) is 3.36. The number of hydrogen-bond acceptors (Lipinski definition) is 5. The fourth-order valence-electron chi connectivity index (χ4n) is 3.12. The summed E-state index contributed by atoms with van der Waals surface area (Å²) >= 11 is 1.32. The van der Waals surface area contributed by atoms with Gasteiger partial charge in [-0.1, -0.05) is 23.9 Å². The third-order valence-electron chi connectivity index (χ3n) is 4.55. The minimum atomic E-state index is -3.44. The smallest absolute Gasteiger partial charge is 0.243 e. The fourth-order valence-corrected chi connectivity index (χ4v) is 5.32. The number of amides is 1. The molecule has 1 aliphatic rings. The van der Waals surface area contributed by atoms with E-state index < -0.39 is 10.0 Å². The van der Waals surface area contributed by atoms with Crippen molar-refractivity contribution in [2.24, 2.45) is 0 Å². The topological polar surface area (TPSA) is 95.2 Å². The van der Waals surface area contributed by atoms with Crippen LogP contribution >= 0.6 is 11.8 Å². The number of hydrogen-bond donors (Lipinski definition) is 2. The largest absolute Gasteiger partial charge is 0.333 e. The van der Waals surface area contributed by atoms with E-state index in [0.717, 1.165) is 23.9 Å². The molecule has 0 aliphatic carbocycles. The van der Waals surface area contributed by atoms with Gasteiger partial charge >= 0.3 is 0 Å². The molecule has 2 aromatic carbocycles. The van der Waals surface area contributed by atoms with Crippen molar-refractivity contribution in [1.29, 1.82) is 0 Å². The van der Waals surface area contributed by atoms with E-state index in [-0.39, 0.29) is 16.6 Å². The maximum atomic E-state index is 12.5. The van der Waals surface area contributed by atoms with Crippen molar-refractivity contribution in [2.75, 3.05) is 24.2 Å². The predicted octanol–water partition coefficient (Wildman–Crippen LogP) is 3.08. The number of H-pyrrole nitrogens is 1. The van der Waals surface area contributed by atoms with Gasteiger partial charge in [0.2, 0.25) is 15.9 Å². The van der Waals surface area contributed by atoms with Crippen LogP contribution in [0.1, 0.15) is 12.8 Å². The number of nitrogens with zero attached hydrogens (tertiary/aromatic N) is 2. The first-order chi connectivity index (χ1) is 13.5. The highest BCUT2D eigenvalue weighted by Gasteiger charge is 2.26. The summed E-state index contributed by atoms with van der Waals surface area (Å²) in [6.07, 6.45) is 1.80. The molecule has 0 bridgehead atoms. The fraction of sp³-hybridized carbons (Fsp3) is 0.263. The molecule has 7 nitrogen and oxygen atoms in total. The van der Waals surface area contributed by atoms with E-state index in [9.17, 15) is 13.2 Å². The van der Waals surface area contributed by atoms with E-state index in [2.05, 4.69) is 15.3 Å². The number of nitrogens with one attached hydrogen (secondary N) is 2. The molecule has 2 N–H and O–H groups in total. The lowest BCUT2D eigenvalue weighted by molar-refractivity contribution is -0.113. The molecule has 1 fully saturated rings. The Morgan fingerprint density at radius 3 is 2.54 bits per heavy atom. The van der Waals surface area contributed by atoms with E-state index in [1.54, 1.807) is 12.1 Å². The highest BCUT2D eigenvalue weighted by atomic mass is 32.2. The molecule has 1 amide bonds. The van der Waals surface area contributed by atoms with Crippen LogP contribution in [-0.4, -0.2) is 47.4 Å². The second kappa shape index (κ2) is 7.94. The van der Waals surface area contributed by atoms with Gasteiger partial charge in [0.25, 0.3) is 0 Å². The van der Waals surface area contributed by atoms with E-state index >= 15 is 0 Å². The number of thioether (sulfide) groups is 1. The lowest BCUT2D eigenvalue weighted by Crippen LogP contribution is -2.27. The molecule has 4 rings (SSSR count). The lowest BCUT2D eigenvalue weighted by atomic mass is 10.3. The molecule has 0 radical (unpaired) electrons. The van der Waals surface area contributed by atoms with Gasteiger partial charge in [0.1, 0.15) is 0 Å². The molecular weight excluding hydrogens is 396 g/mol. The summed E-state index contributed by atoms with van der Waals surface area (Å²) in [4.78, 5) is 20.0. The molecule has 1 saturated heterocycles. The van der Waals surface area contributed by atoms with Crippen LogP contribution in [0, 0.1) is 0 Å². The zero-order valence-corrected chi connectivity index (χ0v) is 16.7. The number of carbonyl (C=O) groups is 1. The maximum absolute atomic E-state index is 12.5. The van der Waals surface area contributed by atoms with Gasteiger partial charge in [0, 0.05) is 18.8 Å². The molecule has 0 unspecified atom stereocenters. The van der Waals surface area contributed by atoms with Crippen LogP contribution in [0.2, 0.25) is 0 Å². The van der Waals surface area contributed by atoms with Crippen molar-refractivity contribution < 1.29 is 13.2 Å². The summed E-state index contributed by atoms with van der Waals surface area (Å²) < 4.78 is 26.6. The SMILES string of the molecule is O=C(CSc1nc2ccccc2[nH]1)Nc1ccc(S(=O)(=O)N2CCCC2)cc1. The van der Waals surface area contributed by atoms with Gasteiger partial charge in [0.05, 0.1) is 21.7 Å². The lowest BCUT2D eigenvalue weighted by Gasteiger charge is -2.15. The molecule has 2 heterocycles. The highest BCUT2D eigenvalue weighted by molar-refractivity contribution is 7.99. The second-order valence-electron chi connectivity index (χ2n) is 6.53. The number of benzene rings is 2. The van der Waals surface area contributed by atoms with Crippen molar-refractivity contribution in [3.63, 3.8) is 0 Å². The van der Waals surface area contributed by atoms with Gasteiger partial charge in [-0.05, 0) is 49.2 Å². The normalized spacial score (nSPS) is 15.1. The first-order valence-electron chi connectivity index (χ1n) is 9.00. The zero-order chi connectivity index (χ0) is 19.6. The van der Waals surface area contributed by atoms with Crippen molar-refractivity contribution in [1.82, 2.24) is 14.3 Å². The van der Waals surface area contributed by atoms with Crippen molar-refractivity contribution in [3.8, 4) is 0 Å². The summed E-state index contributed by atoms with van der Waals surface area (Å²) in [7, 11) is -3.44. The quantitative estimate of drug-likeness (QED) is 0.602. The number of fused-ring (bicyclic) bond motifs is 1. The summed E-state index contributed by atoms with van der Waals surface area (Å²) in [6, 6.07) is 14.0. The number of sulfonamides is 1. The van der Waals surface area contributed by atoms with Gasteiger partial charge in [0.15, 0.2) is 5.16 Å². The van der Waals surface area contributed by atoms with E-state index in [0.29, 0.717) is 23.9 Å². The van der Waals surface area contributed by atoms with Crippen LogP contribution in [0.4, 0.5) is 5.69 Å². The van der Waals surface area contributed by atoms with Crippen LogP contribution < -0.4 is 5.32 Å². The number of rotatable bonds is 6. The Balaban J connectivity index is 1.35. The zero-order valence-electron chi connectivity index (χ0n) is 15.1. The molecule has 0 spiro atoms. The van der Waals surface area contributed by atoms with E-state index in [1.807, 2.05) is 24.3 Å². The van der Waals surface area contributed by atoms with Crippen LogP contribution in [0.3, 0.4) is 0 Å². The van der Waals surface area contributed by atoms with Crippen molar-refractivity contribution in [3.05, 3.63) is 48.5 Å². The van der Waals surface area contributed by atoms with Crippen LogP contribution in [0.15, 0.2) is 58.6 Å². The van der Waals surface area contributed by atoms with Crippen molar-refractivity contribution in [2.45, 2.75) is 22.9 Å². The predicted molar refractivity (Wildman–Crippen MR) is 110 cm³/mol. The van der Waals surface area contributed by atoms with Gasteiger partial charge in [-0.2, -0.15) is 4.31 Å². The number of imidazole rings is 1. The molecule has 9 heteroatoms. The first kappa shape index (κ1) is 19.0. The molecule has 146 valence electrons. The Bertz CT molecular complexity index is 1050. The van der Waals surface area contributed by atoms with E-state index in [4.69, 9.17) is 0 Å². The third kappa shape index (κ3) is 4.06. The van der Waals surface area contributed by atoms with Crippen LogP contribution in [0.25, 0.3) is 11.0 Å². The molecule has 0 atom stereocenters. The maximum Gasteiger partial charge on any atom is 0.243 e. The summed E-state index contributed by atoms with van der Waals surface area (Å²) in [5.74, 6) is 0.0220. The summed E-state index contributed by atoms with van der Waals surface area (Å²) in [5, 5.41) is 3.47. The number of aromatic amines is 1. The Kier molecular flexibility index (Phi) is 5.38. The average molecular weight is 417 g/mol. The van der Waals surface area contributed by atoms with Gasteiger partial charge in [-0.25, -0.2) is 13.4 Å². The standard InChI is InChI=1S/C19H20N4O3S2/c24-18(13-27-19-21-16-5-1-2-6-17(16)22-19)20-14-7-9-15(10-8-14)28(25,26)23-11-3-4-12-23/h1-2,5-10H,3-4,11-13H2,(H,20,24)(H,21,22). The Morgan fingerprint density at radius 1 is 1.11 bits per heavy atom.